The maximum Gasteiger partial charge on any atom is 0.310 e. The molecule has 0 aliphatic heterocycles. The monoisotopic (exact) mass is 369 g/mol. The Labute approximate surface area is 157 Å². The Balaban J connectivity index is 1.73. The van der Waals surface area contributed by atoms with E-state index in [2.05, 4.69) is 18.0 Å². The Morgan fingerprint density at radius 1 is 1.15 bits per heavy atom. The first-order valence-corrected chi connectivity index (χ1v) is 9.72. The normalized spacial score (nSPS) is 10.9. The second-order valence-corrected chi connectivity index (χ2v) is 7.01. The maximum absolute atomic E-state index is 11.7. The molecule has 0 radical (unpaired) electrons. The average Bonchev–Trinajstić information content (AvgIpc) is 3.02. The largest absolute Gasteiger partial charge is 0.489 e. The summed E-state index contributed by atoms with van der Waals surface area (Å²) in [6.07, 6.45) is 1.20. The molecule has 26 heavy (non-hydrogen) atoms. The molecule has 4 nitrogen and oxygen atoms in total. The van der Waals surface area contributed by atoms with Gasteiger partial charge in [0, 0.05) is 21.7 Å². The third kappa shape index (κ3) is 4.22. The quantitative estimate of drug-likeness (QED) is 0.559. The zero-order valence-electron chi connectivity index (χ0n) is 15.4. The fourth-order valence-electron chi connectivity index (χ4n) is 2.90. The van der Waals surface area contributed by atoms with Gasteiger partial charge in [0.1, 0.15) is 12.4 Å². The number of carbonyl (C=O) groups is 1. The summed E-state index contributed by atoms with van der Waals surface area (Å²) in [5, 5.41) is 3.10. The number of esters is 1. The van der Waals surface area contributed by atoms with Crippen molar-refractivity contribution in [2.75, 3.05) is 6.61 Å². The third-order valence-corrected chi connectivity index (χ3v) is 5.20. The van der Waals surface area contributed by atoms with Crippen LogP contribution in [0.5, 0.6) is 5.75 Å². The third-order valence-electron chi connectivity index (χ3n) is 4.20. The van der Waals surface area contributed by atoms with Gasteiger partial charge in [0.25, 0.3) is 0 Å². The van der Waals surface area contributed by atoms with Crippen molar-refractivity contribution in [3.05, 3.63) is 58.2 Å². The molecule has 0 aliphatic carbocycles. The van der Waals surface area contributed by atoms with Crippen molar-refractivity contribution in [1.29, 1.82) is 0 Å². The summed E-state index contributed by atoms with van der Waals surface area (Å²) in [4.78, 5) is 16.3. The van der Waals surface area contributed by atoms with Crippen LogP contribution in [-0.2, 0) is 29.0 Å². The molecule has 0 saturated heterocycles. The maximum atomic E-state index is 11.7. The van der Waals surface area contributed by atoms with Gasteiger partial charge in [-0.1, -0.05) is 13.0 Å². The lowest BCUT2D eigenvalue weighted by Crippen LogP contribution is -2.06. The number of benzene rings is 1. The molecule has 0 atom stereocenters. The summed E-state index contributed by atoms with van der Waals surface area (Å²) in [5.74, 6) is 0.635. The van der Waals surface area contributed by atoms with Crippen molar-refractivity contribution >= 4 is 27.4 Å². The van der Waals surface area contributed by atoms with E-state index in [1.807, 2.05) is 43.5 Å². The van der Waals surface area contributed by atoms with E-state index >= 15 is 0 Å². The molecule has 0 N–H and O–H groups in total. The highest BCUT2D eigenvalue weighted by molar-refractivity contribution is 7.17. The molecule has 1 aromatic carbocycles. The average molecular weight is 369 g/mol. The number of hydrogen-bond donors (Lipinski definition) is 0. The van der Waals surface area contributed by atoms with Gasteiger partial charge in [-0.2, -0.15) is 0 Å². The van der Waals surface area contributed by atoms with E-state index in [0.717, 1.165) is 44.8 Å². The van der Waals surface area contributed by atoms with Crippen LogP contribution >= 0.6 is 11.3 Å². The molecule has 3 rings (SSSR count). The summed E-state index contributed by atoms with van der Waals surface area (Å²) in [5.41, 5.74) is 4.23. The zero-order valence-corrected chi connectivity index (χ0v) is 16.2. The Kier molecular flexibility index (Phi) is 5.89. The number of hydrogen-bond acceptors (Lipinski definition) is 5. The molecule has 0 amide bonds. The zero-order chi connectivity index (χ0) is 18.5. The minimum Gasteiger partial charge on any atom is -0.489 e. The topological polar surface area (TPSA) is 48.4 Å². The van der Waals surface area contributed by atoms with Gasteiger partial charge in [0.15, 0.2) is 0 Å². The van der Waals surface area contributed by atoms with Crippen LogP contribution in [0.2, 0.25) is 0 Å². The van der Waals surface area contributed by atoms with Gasteiger partial charge >= 0.3 is 5.97 Å². The Bertz CT molecular complexity index is 917. The fraction of sp³-hybridized carbons (Fsp3) is 0.333. The van der Waals surface area contributed by atoms with E-state index in [1.54, 1.807) is 11.3 Å². The van der Waals surface area contributed by atoms with Crippen LogP contribution in [0, 0.1) is 6.92 Å². The first kappa shape index (κ1) is 18.4. The molecule has 136 valence electrons. The second kappa shape index (κ2) is 8.32. The molecule has 0 unspecified atom stereocenters. The van der Waals surface area contributed by atoms with Gasteiger partial charge in [0.2, 0.25) is 0 Å². The molecule has 0 aliphatic rings. The summed E-state index contributed by atoms with van der Waals surface area (Å²) in [7, 11) is 0. The molecular formula is C21H23NO3S. The predicted octanol–water partition coefficient (Wildman–Crippen LogP) is 4.85. The molecule has 3 aromatic rings. The fourth-order valence-corrected chi connectivity index (χ4v) is 3.89. The van der Waals surface area contributed by atoms with E-state index < -0.39 is 0 Å². The minimum absolute atomic E-state index is 0.188. The predicted molar refractivity (Wildman–Crippen MR) is 105 cm³/mol. The number of fused-ring (bicyclic) bond motifs is 1. The van der Waals surface area contributed by atoms with Crippen LogP contribution in [0.4, 0.5) is 0 Å². The van der Waals surface area contributed by atoms with Crippen molar-refractivity contribution in [2.45, 2.75) is 40.2 Å². The van der Waals surface area contributed by atoms with Gasteiger partial charge in [0.05, 0.1) is 13.0 Å². The Hall–Kier alpha value is -2.40. The SMILES string of the molecule is CCOC(=O)Cc1csc2cc(OCc3ccc(C)nc3CC)ccc12. The Morgan fingerprint density at radius 3 is 2.77 bits per heavy atom. The molecule has 2 aromatic heterocycles. The van der Waals surface area contributed by atoms with E-state index in [-0.39, 0.29) is 5.97 Å². The molecule has 0 saturated carbocycles. The van der Waals surface area contributed by atoms with Crippen molar-refractivity contribution in [1.82, 2.24) is 4.98 Å². The molecule has 5 heteroatoms. The molecular weight excluding hydrogens is 346 g/mol. The van der Waals surface area contributed by atoms with Crippen molar-refractivity contribution in [3.8, 4) is 5.75 Å². The lowest BCUT2D eigenvalue weighted by atomic mass is 10.1. The number of aromatic nitrogens is 1. The number of aryl methyl sites for hydroxylation is 2. The standard InChI is InChI=1S/C21H23NO3S/c1-4-19-15(7-6-14(3)22-19)12-25-17-8-9-18-16(10-21(23)24-5-2)13-26-20(18)11-17/h6-9,11,13H,4-5,10,12H2,1-3H3. The number of rotatable bonds is 7. The van der Waals surface area contributed by atoms with Crippen molar-refractivity contribution in [3.63, 3.8) is 0 Å². The smallest absolute Gasteiger partial charge is 0.310 e. The van der Waals surface area contributed by atoms with Gasteiger partial charge in [-0.05, 0) is 60.9 Å². The molecule has 2 heterocycles. The van der Waals surface area contributed by atoms with Crippen LogP contribution in [-0.4, -0.2) is 17.6 Å². The minimum atomic E-state index is -0.188. The van der Waals surface area contributed by atoms with Gasteiger partial charge in [-0.15, -0.1) is 11.3 Å². The lowest BCUT2D eigenvalue weighted by molar-refractivity contribution is -0.142. The summed E-state index contributed by atoms with van der Waals surface area (Å²) in [6, 6.07) is 10.1. The van der Waals surface area contributed by atoms with E-state index in [1.165, 1.54) is 0 Å². The van der Waals surface area contributed by atoms with E-state index in [4.69, 9.17) is 9.47 Å². The van der Waals surface area contributed by atoms with Crippen LogP contribution in [0.15, 0.2) is 35.7 Å². The lowest BCUT2D eigenvalue weighted by Gasteiger charge is -2.10. The number of pyridine rings is 1. The van der Waals surface area contributed by atoms with Crippen molar-refractivity contribution in [2.24, 2.45) is 0 Å². The highest BCUT2D eigenvalue weighted by atomic mass is 32.1. The summed E-state index contributed by atoms with van der Waals surface area (Å²) < 4.78 is 12.1. The number of thiophene rings is 1. The van der Waals surface area contributed by atoms with Gasteiger partial charge < -0.3 is 9.47 Å². The highest BCUT2D eigenvalue weighted by Gasteiger charge is 2.11. The van der Waals surface area contributed by atoms with Gasteiger partial charge in [-0.25, -0.2) is 0 Å². The Morgan fingerprint density at radius 2 is 2.00 bits per heavy atom. The second-order valence-electron chi connectivity index (χ2n) is 6.10. The van der Waals surface area contributed by atoms with Crippen LogP contribution < -0.4 is 4.74 Å². The van der Waals surface area contributed by atoms with E-state index in [0.29, 0.717) is 19.6 Å². The summed E-state index contributed by atoms with van der Waals surface area (Å²) >= 11 is 1.62. The number of carbonyl (C=O) groups excluding carboxylic acids is 1. The highest BCUT2D eigenvalue weighted by Crippen LogP contribution is 2.30. The number of nitrogens with zero attached hydrogens (tertiary/aromatic N) is 1. The van der Waals surface area contributed by atoms with Crippen LogP contribution in [0.25, 0.3) is 10.1 Å². The van der Waals surface area contributed by atoms with Crippen LogP contribution in [0.1, 0.15) is 36.4 Å². The van der Waals surface area contributed by atoms with Gasteiger partial charge in [-0.3, -0.25) is 9.78 Å². The first-order valence-electron chi connectivity index (χ1n) is 8.84. The summed E-state index contributed by atoms with van der Waals surface area (Å²) in [6.45, 7) is 6.84. The first-order chi connectivity index (χ1) is 12.6. The number of ether oxygens (including phenoxy) is 2. The molecule has 0 fully saturated rings. The molecule has 0 spiro atoms. The van der Waals surface area contributed by atoms with Crippen molar-refractivity contribution < 1.29 is 14.3 Å². The molecule has 0 bridgehead atoms. The van der Waals surface area contributed by atoms with Crippen LogP contribution in [0.3, 0.4) is 0 Å². The van der Waals surface area contributed by atoms with E-state index in [9.17, 15) is 4.79 Å².